The van der Waals surface area contributed by atoms with E-state index < -0.39 is 5.60 Å². The topological polar surface area (TPSA) is 73.0 Å². The zero-order chi connectivity index (χ0) is 20.7. The molecule has 1 aromatic heterocycles. The number of halogens is 2. The van der Waals surface area contributed by atoms with Gasteiger partial charge in [-0.15, -0.1) is 24.0 Å². The van der Waals surface area contributed by atoms with E-state index in [-0.39, 0.29) is 30.5 Å². The van der Waals surface area contributed by atoms with Gasteiger partial charge in [-0.1, -0.05) is 23.7 Å². The van der Waals surface area contributed by atoms with E-state index >= 15 is 0 Å². The summed E-state index contributed by atoms with van der Waals surface area (Å²) in [7, 11) is 0. The van der Waals surface area contributed by atoms with Crippen LogP contribution in [-0.2, 0) is 12.1 Å². The summed E-state index contributed by atoms with van der Waals surface area (Å²) in [4.78, 5) is 7.05. The Morgan fingerprint density at radius 2 is 1.97 bits per heavy atom. The van der Waals surface area contributed by atoms with Gasteiger partial charge in [-0.25, -0.2) is 4.99 Å². The Bertz CT molecular complexity index is 773. The molecule has 1 saturated heterocycles. The van der Waals surface area contributed by atoms with Crippen molar-refractivity contribution in [2.24, 2.45) is 4.99 Å². The van der Waals surface area contributed by atoms with Crippen molar-refractivity contribution in [1.29, 1.82) is 0 Å². The molecular weight excluding hydrogens is 515 g/mol. The van der Waals surface area contributed by atoms with E-state index in [9.17, 15) is 5.11 Å². The van der Waals surface area contributed by atoms with Gasteiger partial charge in [-0.2, -0.15) is 0 Å². The lowest BCUT2D eigenvalue weighted by Gasteiger charge is -2.33. The molecular formula is C22H32ClIN4O2. The summed E-state index contributed by atoms with van der Waals surface area (Å²) in [6, 6.07) is 12.0. The number of benzene rings is 1. The van der Waals surface area contributed by atoms with Crippen molar-refractivity contribution >= 4 is 41.5 Å². The zero-order valence-electron chi connectivity index (χ0n) is 17.6. The van der Waals surface area contributed by atoms with Gasteiger partial charge in [0, 0.05) is 37.2 Å². The molecule has 0 amide bonds. The van der Waals surface area contributed by atoms with Gasteiger partial charge in [0.2, 0.25) is 0 Å². The number of aliphatic hydroxyl groups is 1. The van der Waals surface area contributed by atoms with Crippen molar-refractivity contribution in [2.75, 3.05) is 26.2 Å². The lowest BCUT2D eigenvalue weighted by atomic mass is 10.0. The summed E-state index contributed by atoms with van der Waals surface area (Å²) >= 11 is 5.97. The normalized spacial score (nSPS) is 17.8. The molecule has 2 heterocycles. The van der Waals surface area contributed by atoms with E-state index in [4.69, 9.17) is 16.0 Å². The van der Waals surface area contributed by atoms with Gasteiger partial charge in [-0.05, 0) is 56.5 Å². The van der Waals surface area contributed by atoms with Gasteiger partial charge in [0.15, 0.2) is 5.96 Å². The van der Waals surface area contributed by atoms with Crippen LogP contribution in [0.1, 0.15) is 38.0 Å². The SMILES string of the molecule is CCNC(=NCC(C)(O)c1ccco1)NC1CCN(Cc2ccc(Cl)cc2)CC1.I. The second kappa shape index (κ2) is 11.9. The van der Waals surface area contributed by atoms with Gasteiger partial charge in [0.1, 0.15) is 11.4 Å². The number of guanidine groups is 1. The highest BCUT2D eigenvalue weighted by molar-refractivity contribution is 14.0. The fraction of sp³-hybridized carbons (Fsp3) is 0.500. The molecule has 0 aliphatic carbocycles. The first-order valence-electron chi connectivity index (χ1n) is 10.2. The minimum atomic E-state index is -1.13. The van der Waals surface area contributed by atoms with Crippen molar-refractivity contribution in [1.82, 2.24) is 15.5 Å². The van der Waals surface area contributed by atoms with Gasteiger partial charge >= 0.3 is 0 Å². The van der Waals surface area contributed by atoms with Crippen LogP contribution in [-0.4, -0.2) is 48.2 Å². The van der Waals surface area contributed by atoms with Gasteiger partial charge in [-0.3, -0.25) is 4.90 Å². The van der Waals surface area contributed by atoms with E-state index in [0.717, 1.165) is 50.0 Å². The zero-order valence-corrected chi connectivity index (χ0v) is 20.7. The van der Waals surface area contributed by atoms with E-state index in [2.05, 4.69) is 32.7 Å². The molecule has 1 fully saturated rings. The Balaban J connectivity index is 0.00000320. The predicted octanol–water partition coefficient (Wildman–Crippen LogP) is 3.98. The molecule has 3 N–H and O–H groups in total. The molecule has 30 heavy (non-hydrogen) atoms. The fourth-order valence-electron chi connectivity index (χ4n) is 3.49. The van der Waals surface area contributed by atoms with Crippen molar-refractivity contribution in [3.8, 4) is 0 Å². The van der Waals surface area contributed by atoms with Crippen LogP contribution in [0.4, 0.5) is 0 Å². The second-order valence-corrected chi connectivity index (χ2v) is 8.20. The van der Waals surface area contributed by atoms with Crippen LogP contribution in [0.5, 0.6) is 0 Å². The highest BCUT2D eigenvalue weighted by Crippen LogP contribution is 2.21. The molecule has 1 aromatic carbocycles. The van der Waals surface area contributed by atoms with Crippen LogP contribution in [0.3, 0.4) is 0 Å². The molecule has 0 radical (unpaired) electrons. The number of nitrogens with zero attached hydrogens (tertiary/aromatic N) is 2. The summed E-state index contributed by atoms with van der Waals surface area (Å²) in [5.41, 5.74) is 0.157. The maximum atomic E-state index is 10.6. The lowest BCUT2D eigenvalue weighted by molar-refractivity contribution is 0.0436. The van der Waals surface area contributed by atoms with Crippen LogP contribution in [0.25, 0.3) is 0 Å². The van der Waals surface area contributed by atoms with Gasteiger partial charge in [0.05, 0.1) is 12.8 Å². The standard InChI is InChI=1S/C22H31ClN4O2.HI/c1-3-24-21(25-16-22(2,28)20-5-4-14-29-20)26-19-10-12-27(13-11-19)15-17-6-8-18(23)9-7-17;/h4-9,14,19,28H,3,10-13,15-16H2,1-2H3,(H2,24,25,26);1H. The highest BCUT2D eigenvalue weighted by atomic mass is 127. The third kappa shape index (κ3) is 7.44. The Morgan fingerprint density at radius 1 is 1.27 bits per heavy atom. The van der Waals surface area contributed by atoms with Gasteiger partial charge < -0.3 is 20.2 Å². The monoisotopic (exact) mass is 546 g/mol. The molecule has 0 bridgehead atoms. The molecule has 1 unspecified atom stereocenters. The number of likely N-dealkylation sites (tertiary alicyclic amines) is 1. The van der Waals surface area contributed by atoms with E-state index in [1.165, 1.54) is 5.56 Å². The maximum Gasteiger partial charge on any atom is 0.191 e. The molecule has 0 saturated carbocycles. The molecule has 1 atom stereocenters. The maximum absolute atomic E-state index is 10.6. The number of furan rings is 1. The molecule has 3 rings (SSSR count). The molecule has 6 nitrogen and oxygen atoms in total. The first kappa shape index (κ1) is 25.0. The van der Waals surface area contributed by atoms with Crippen LogP contribution in [0, 0.1) is 0 Å². The van der Waals surface area contributed by atoms with Crippen molar-refractivity contribution in [3.05, 3.63) is 59.0 Å². The molecule has 166 valence electrons. The molecule has 8 heteroatoms. The van der Waals surface area contributed by atoms with Crippen LogP contribution < -0.4 is 10.6 Å². The Labute approximate surface area is 201 Å². The summed E-state index contributed by atoms with van der Waals surface area (Å²) in [5, 5.41) is 18.2. The van der Waals surface area contributed by atoms with Crippen LogP contribution in [0.15, 0.2) is 52.1 Å². The average Bonchev–Trinajstić information content (AvgIpc) is 3.26. The Hall–Kier alpha value is -1.29. The second-order valence-electron chi connectivity index (χ2n) is 7.77. The lowest BCUT2D eigenvalue weighted by Crippen LogP contribution is -2.48. The molecule has 0 spiro atoms. The quantitative estimate of drug-likeness (QED) is 0.278. The smallest absolute Gasteiger partial charge is 0.191 e. The molecule has 2 aromatic rings. The average molecular weight is 547 g/mol. The van der Waals surface area contributed by atoms with E-state index in [0.29, 0.717) is 11.8 Å². The third-order valence-corrected chi connectivity index (χ3v) is 5.44. The van der Waals surface area contributed by atoms with Crippen molar-refractivity contribution in [3.63, 3.8) is 0 Å². The number of nitrogens with one attached hydrogen (secondary N) is 2. The number of hydrogen-bond donors (Lipinski definition) is 3. The first-order chi connectivity index (χ1) is 14.0. The Kier molecular flexibility index (Phi) is 9.93. The van der Waals surface area contributed by atoms with E-state index in [1.54, 1.807) is 25.3 Å². The number of hydrogen-bond acceptors (Lipinski definition) is 4. The van der Waals surface area contributed by atoms with Crippen molar-refractivity contribution < 1.29 is 9.52 Å². The first-order valence-corrected chi connectivity index (χ1v) is 10.6. The largest absolute Gasteiger partial charge is 0.466 e. The van der Waals surface area contributed by atoms with E-state index in [1.807, 2.05) is 19.1 Å². The molecule has 1 aliphatic rings. The number of aliphatic imine (C=N–C) groups is 1. The summed E-state index contributed by atoms with van der Waals surface area (Å²) in [6.07, 6.45) is 3.66. The summed E-state index contributed by atoms with van der Waals surface area (Å²) in [6.45, 7) is 7.76. The summed E-state index contributed by atoms with van der Waals surface area (Å²) in [5.74, 6) is 1.25. The predicted molar refractivity (Wildman–Crippen MR) is 133 cm³/mol. The third-order valence-electron chi connectivity index (χ3n) is 5.19. The van der Waals surface area contributed by atoms with Gasteiger partial charge in [0.25, 0.3) is 0 Å². The highest BCUT2D eigenvalue weighted by Gasteiger charge is 2.26. The van der Waals surface area contributed by atoms with Crippen molar-refractivity contribution in [2.45, 2.75) is 44.9 Å². The molecule has 1 aliphatic heterocycles. The fourth-order valence-corrected chi connectivity index (χ4v) is 3.62. The Morgan fingerprint density at radius 3 is 2.57 bits per heavy atom. The number of rotatable bonds is 7. The number of piperidine rings is 1. The van der Waals surface area contributed by atoms with Crippen LogP contribution >= 0.6 is 35.6 Å². The van der Waals surface area contributed by atoms with Crippen LogP contribution in [0.2, 0.25) is 5.02 Å². The minimum absolute atomic E-state index is 0. The minimum Gasteiger partial charge on any atom is -0.466 e. The summed E-state index contributed by atoms with van der Waals surface area (Å²) < 4.78 is 5.33.